The van der Waals surface area contributed by atoms with Crippen LogP contribution in [0.1, 0.15) is 23.1 Å². The van der Waals surface area contributed by atoms with Crippen molar-refractivity contribution in [3.05, 3.63) is 28.8 Å². The lowest BCUT2D eigenvalue weighted by Gasteiger charge is -2.13. The molecule has 0 aliphatic rings. The molecular formula is C16H26N2O2. The van der Waals surface area contributed by atoms with Crippen molar-refractivity contribution in [1.29, 1.82) is 0 Å². The van der Waals surface area contributed by atoms with Crippen LogP contribution in [0.2, 0.25) is 0 Å². The largest absolute Gasteiger partial charge is 0.483 e. The average molecular weight is 278 g/mol. The van der Waals surface area contributed by atoms with Gasteiger partial charge in [-0.25, -0.2) is 0 Å². The molecule has 1 aromatic carbocycles. The zero-order valence-corrected chi connectivity index (χ0v) is 13.2. The molecule has 0 unspecified atom stereocenters. The van der Waals surface area contributed by atoms with Crippen LogP contribution in [-0.4, -0.2) is 44.6 Å². The van der Waals surface area contributed by atoms with Gasteiger partial charge in [0.15, 0.2) is 6.61 Å². The van der Waals surface area contributed by atoms with Crippen molar-refractivity contribution in [2.45, 2.75) is 27.2 Å². The first-order valence-electron chi connectivity index (χ1n) is 7.02. The highest BCUT2D eigenvalue weighted by atomic mass is 16.5. The minimum absolute atomic E-state index is 0.0673. The number of rotatable bonds is 7. The van der Waals surface area contributed by atoms with Gasteiger partial charge in [0, 0.05) is 6.54 Å². The summed E-state index contributed by atoms with van der Waals surface area (Å²) in [7, 11) is 4.04. The van der Waals surface area contributed by atoms with Crippen molar-refractivity contribution in [2.75, 3.05) is 33.8 Å². The Morgan fingerprint density at radius 3 is 2.60 bits per heavy atom. The number of hydrogen-bond acceptors (Lipinski definition) is 3. The first-order valence-corrected chi connectivity index (χ1v) is 7.02. The van der Waals surface area contributed by atoms with Crippen molar-refractivity contribution < 1.29 is 9.53 Å². The van der Waals surface area contributed by atoms with E-state index in [-0.39, 0.29) is 12.5 Å². The summed E-state index contributed by atoms with van der Waals surface area (Å²) < 4.78 is 5.62. The van der Waals surface area contributed by atoms with Gasteiger partial charge in [0.1, 0.15) is 5.75 Å². The Balaban J connectivity index is 2.38. The predicted octanol–water partition coefficient (Wildman–Crippen LogP) is 2.06. The molecule has 0 heterocycles. The van der Waals surface area contributed by atoms with E-state index in [1.54, 1.807) is 0 Å². The number of aryl methyl sites for hydroxylation is 2. The number of carbonyl (C=O) groups excluding carboxylic acids is 1. The summed E-state index contributed by atoms with van der Waals surface area (Å²) in [5, 5.41) is 2.87. The number of benzene rings is 1. The average Bonchev–Trinajstić information content (AvgIpc) is 2.37. The molecule has 0 atom stereocenters. The standard InChI is InChI=1S/C16H26N2O2/c1-12-9-13(2)14(3)15(10-12)20-11-16(19)17-7-6-8-18(4)5/h9-10H,6-8,11H2,1-5H3,(H,17,19). The second kappa shape index (κ2) is 7.90. The molecule has 0 fully saturated rings. The lowest BCUT2D eigenvalue weighted by molar-refractivity contribution is -0.123. The number of ether oxygens (including phenoxy) is 1. The van der Waals surface area contributed by atoms with Crippen LogP contribution in [0.3, 0.4) is 0 Å². The third-order valence-electron chi connectivity index (χ3n) is 3.23. The summed E-state index contributed by atoms with van der Waals surface area (Å²) in [6, 6.07) is 4.09. The molecule has 1 rings (SSSR count). The lowest BCUT2D eigenvalue weighted by Crippen LogP contribution is -2.31. The molecule has 4 nitrogen and oxygen atoms in total. The Bertz CT molecular complexity index is 456. The zero-order valence-electron chi connectivity index (χ0n) is 13.2. The fourth-order valence-corrected chi connectivity index (χ4v) is 1.97. The molecule has 0 bridgehead atoms. The maximum absolute atomic E-state index is 11.7. The smallest absolute Gasteiger partial charge is 0.257 e. The van der Waals surface area contributed by atoms with Crippen LogP contribution in [0.25, 0.3) is 0 Å². The van der Waals surface area contributed by atoms with Crippen LogP contribution in [-0.2, 0) is 4.79 Å². The van der Waals surface area contributed by atoms with Gasteiger partial charge < -0.3 is 15.0 Å². The van der Waals surface area contributed by atoms with E-state index in [0.29, 0.717) is 6.54 Å². The minimum Gasteiger partial charge on any atom is -0.483 e. The molecule has 0 radical (unpaired) electrons. The highest BCUT2D eigenvalue weighted by Crippen LogP contribution is 2.23. The van der Waals surface area contributed by atoms with E-state index in [1.165, 1.54) is 5.56 Å². The SMILES string of the molecule is Cc1cc(C)c(C)c(OCC(=O)NCCCN(C)C)c1. The van der Waals surface area contributed by atoms with Crippen molar-refractivity contribution in [1.82, 2.24) is 10.2 Å². The van der Waals surface area contributed by atoms with E-state index < -0.39 is 0 Å². The van der Waals surface area contributed by atoms with E-state index in [9.17, 15) is 4.79 Å². The van der Waals surface area contributed by atoms with Crippen LogP contribution >= 0.6 is 0 Å². The monoisotopic (exact) mass is 278 g/mol. The highest BCUT2D eigenvalue weighted by molar-refractivity contribution is 5.77. The van der Waals surface area contributed by atoms with E-state index in [0.717, 1.165) is 29.8 Å². The van der Waals surface area contributed by atoms with Gasteiger partial charge in [0.2, 0.25) is 0 Å². The third kappa shape index (κ3) is 5.61. The molecule has 0 aliphatic carbocycles. The molecule has 0 saturated carbocycles. The zero-order chi connectivity index (χ0) is 15.1. The number of hydrogen-bond donors (Lipinski definition) is 1. The van der Waals surface area contributed by atoms with Crippen LogP contribution in [0.5, 0.6) is 5.75 Å². The van der Waals surface area contributed by atoms with Gasteiger partial charge in [-0.05, 0) is 70.6 Å². The maximum atomic E-state index is 11.7. The van der Waals surface area contributed by atoms with Gasteiger partial charge in [-0.2, -0.15) is 0 Å². The van der Waals surface area contributed by atoms with E-state index in [2.05, 4.69) is 23.2 Å². The quantitative estimate of drug-likeness (QED) is 0.776. The molecule has 1 N–H and O–H groups in total. The summed E-state index contributed by atoms with van der Waals surface area (Å²) in [5.74, 6) is 0.730. The summed E-state index contributed by atoms with van der Waals surface area (Å²) in [6.45, 7) is 7.82. The molecule has 1 amide bonds. The van der Waals surface area contributed by atoms with Crippen molar-refractivity contribution >= 4 is 5.91 Å². The van der Waals surface area contributed by atoms with Gasteiger partial charge in [-0.1, -0.05) is 6.07 Å². The second-order valence-corrected chi connectivity index (χ2v) is 5.50. The normalized spacial score (nSPS) is 10.7. The Kier molecular flexibility index (Phi) is 6.52. The molecule has 20 heavy (non-hydrogen) atoms. The van der Waals surface area contributed by atoms with Crippen LogP contribution in [0.4, 0.5) is 0 Å². The Morgan fingerprint density at radius 2 is 1.95 bits per heavy atom. The fraction of sp³-hybridized carbons (Fsp3) is 0.562. The van der Waals surface area contributed by atoms with Crippen molar-refractivity contribution in [3.8, 4) is 5.75 Å². The topological polar surface area (TPSA) is 41.6 Å². The molecule has 112 valence electrons. The predicted molar refractivity (Wildman–Crippen MR) is 82.3 cm³/mol. The Labute approximate surface area is 122 Å². The molecule has 4 heteroatoms. The molecule has 0 saturated heterocycles. The molecule has 0 aromatic heterocycles. The lowest BCUT2D eigenvalue weighted by atomic mass is 10.1. The summed E-state index contributed by atoms with van der Waals surface area (Å²) >= 11 is 0. The molecular weight excluding hydrogens is 252 g/mol. The number of nitrogens with one attached hydrogen (secondary N) is 1. The summed E-state index contributed by atoms with van der Waals surface area (Å²) in [4.78, 5) is 13.8. The second-order valence-electron chi connectivity index (χ2n) is 5.50. The van der Waals surface area contributed by atoms with Crippen LogP contribution < -0.4 is 10.1 Å². The summed E-state index contributed by atoms with van der Waals surface area (Å²) in [6.07, 6.45) is 0.946. The number of carbonyl (C=O) groups is 1. The van der Waals surface area contributed by atoms with E-state index >= 15 is 0 Å². The first kappa shape index (κ1) is 16.5. The molecule has 0 spiro atoms. The Morgan fingerprint density at radius 1 is 1.25 bits per heavy atom. The first-order chi connectivity index (χ1) is 9.40. The highest BCUT2D eigenvalue weighted by Gasteiger charge is 2.07. The van der Waals surface area contributed by atoms with Crippen LogP contribution in [0.15, 0.2) is 12.1 Å². The van der Waals surface area contributed by atoms with Crippen molar-refractivity contribution in [2.24, 2.45) is 0 Å². The maximum Gasteiger partial charge on any atom is 0.257 e. The van der Waals surface area contributed by atoms with Crippen LogP contribution in [0, 0.1) is 20.8 Å². The fourth-order valence-electron chi connectivity index (χ4n) is 1.97. The number of amides is 1. The van der Waals surface area contributed by atoms with Gasteiger partial charge in [0.05, 0.1) is 0 Å². The Hall–Kier alpha value is -1.55. The summed E-state index contributed by atoms with van der Waals surface area (Å²) in [5.41, 5.74) is 3.43. The van der Waals surface area contributed by atoms with Gasteiger partial charge in [-0.15, -0.1) is 0 Å². The molecule has 1 aromatic rings. The van der Waals surface area contributed by atoms with Crippen molar-refractivity contribution in [3.63, 3.8) is 0 Å². The minimum atomic E-state index is -0.0673. The van der Waals surface area contributed by atoms with Gasteiger partial charge >= 0.3 is 0 Å². The van der Waals surface area contributed by atoms with E-state index in [1.807, 2.05) is 34.0 Å². The number of nitrogens with zero attached hydrogens (tertiary/aromatic N) is 1. The third-order valence-corrected chi connectivity index (χ3v) is 3.23. The van der Waals surface area contributed by atoms with E-state index in [4.69, 9.17) is 4.74 Å². The van der Waals surface area contributed by atoms with Gasteiger partial charge in [-0.3, -0.25) is 4.79 Å². The molecule has 0 aliphatic heterocycles. The van der Waals surface area contributed by atoms with Gasteiger partial charge in [0.25, 0.3) is 5.91 Å².